The molecule has 0 saturated heterocycles. The Hall–Kier alpha value is -3.77. The molecule has 2 aromatic rings. The van der Waals surface area contributed by atoms with Crippen molar-refractivity contribution in [1.82, 2.24) is 5.32 Å². The van der Waals surface area contributed by atoms with Gasteiger partial charge in [0.15, 0.2) is 7.05 Å². The van der Waals surface area contributed by atoms with Crippen molar-refractivity contribution >= 4 is 23.7 Å². The molecule has 1 atom stereocenters. The van der Waals surface area contributed by atoms with E-state index in [4.69, 9.17) is 0 Å². The van der Waals surface area contributed by atoms with Crippen LogP contribution in [0.5, 0.6) is 5.75 Å². The number of hydrogen-bond donors (Lipinski definition) is 3. The summed E-state index contributed by atoms with van der Waals surface area (Å²) in [5.74, 6) is -2.13. The van der Waals surface area contributed by atoms with Crippen molar-refractivity contribution in [2.24, 2.45) is 0 Å². The van der Waals surface area contributed by atoms with Crippen molar-refractivity contribution in [1.29, 1.82) is 0 Å². The van der Waals surface area contributed by atoms with Crippen LogP contribution < -0.4 is 15.4 Å². The van der Waals surface area contributed by atoms with Gasteiger partial charge in [0.25, 0.3) is 18.0 Å². The third-order valence-electron chi connectivity index (χ3n) is 4.64. The Morgan fingerprint density at radius 2 is 1.58 bits per heavy atom. The van der Waals surface area contributed by atoms with Gasteiger partial charge >= 0.3 is 12.3 Å². The van der Waals surface area contributed by atoms with E-state index in [1.165, 1.54) is 44.5 Å². The van der Waals surface area contributed by atoms with E-state index in [-0.39, 0.29) is 22.4 Å². The lowest BCUT2D eigenvalue weighted by molar-refractivity contribution is -0.752. The Bertz CT molecular complexity index is 1160. The van der Waals surface area contributed by atoms with Crippen LogP contribution in [-0.4, -0.2) is 59.0 Å². The Morgan fingerprint density at radius 1 is 1.03 bits per heavy atom. The summed E-state index contributed by atoms with van der Waals surface area (Å²) in [6.07, 6.45) is -14.2. The maximum absolute atomic E-state index is 13.5. The summed E-state index contributed by atoms with van der Waals surface area (Å²) >= 11 is 0. The van der Waals surface area contributed by atoms with Crippen molar-refractivity contribution in [3.8, 4) is 5.75 Å². The van der Waals surface area contributed by atoms with Crippen LogP contribution in [0.3, 0.4) is 0 Å². The maximum atomic E-state index is 13.5. The molecule has 2 aromatic carbocycles. The molecular weight excluding hydrogens is 496 g/mol. The fourth-order valence-electron chi connectivity index (χ4n) is 3.17. The van der Waals surface area contributed by atoms with Gasteiger partial charge in [0.2, 0.25) is 6.21 Å². The highest BCUT2D eigenvalue weighted by atomic mass is 19.4. The van der Waals surface area contributed by atoms with Crippen LogP contribution in [0.25, 0.3) is 0 Å². The molecule has 0 aliphatic heterocycles. The quantitative estimate of drug-likeness (QED) is 0.154. The second kappa shape index (κ2) is 10.5. The minimum atomic E-state index is -5.83. The predicted molar refractivity (Wildman–Crippen MR) is 118 cm³/mol. The molecule has 0 aliphatic rings. The molecule has 2 rings (SSSR count). The highest BCUT2D eigenvalue weighted by Crippen LogP contribution is 2.37. The largest absolute Gasteiger partial charge is 0.439 e. The predicted octanol–water partition coefficient (Wildman–Crippen LogP) is 4.73. The van der Waals surface area contributed by atoms with E-state index < -0.39 is 41.6 Å². The summed E-state index contributed by atoms with van der Waals surface area (Å²) in [6, 6.07) is 8.60. The van der Waals surface area contributed by atoms with E-state index in [9.17, 15) is 41.1 Å². The first-order valence-electron chi connectivity index (χ1n) is 10.3. The number of aryl methyl sites for hydroxylation is 1. The zero-order valence-corrected chi connectivity index (χ0v) is 19.6. The number of ether oxygens (including phenoxy) is 1. The van der Waals surface area contributed by atoms with Crippen LogP contribution in [-0.2, 0) is 0 Å². The van der Waals surface area contributed by atoms with Crippen molar-refractivity contribution in [2.75, 3.05) is 12.4 Å². The lowest BCUT2D eigenvalue weighted by Gasteiger charge is -2.23. The summed E-state index contributed by atoms with van der Waals surface area (Å²) in [5.41, 5.74) is -0.837. The molecule has 7 nitrogen and oxygen atoms in total. The van der Waals surface area contributed by atoms with Gasteiger partial charge < -0.3 is 15.4 Å². The lowest BCUT2D eigenvalue weighted by Crippen LogP contribution is -2.46. The van der Waals surface area contributed by atoms with Crippen molar-refractivity contribution in [3.05, 3.63) is 59.2 Å². The smallest absolute Gasteiger partial charge is 0.430 e. The van der Waals surface area contributed by atoms with Gasteiger partial charge in [0, 0.05) is 5.69 Å². The first kappa shape index (κ1) is 28.5. The van der Waals surface area contributed by atoms with Gasteiger partial charge in [-0.1, -0.05) is 12.1 Å². The molecule has 0 aromatic heterocycles. The summed E-state index contributed by atoms with van der Waals surface area (Å²) in [4.78, 5) is 25.7. The van der Waals surface area contributed by atoms with Crippen LogP contribution in [0.4, 0.5) is 32.0 Å². The molecule has 0 fully saturated rings. The summed E-state index contributed by atoms with van der Waals surface area (Å²) in [6.45, 7) is 4.56. The third kappa shape index (κ3) is 7.36. The third-order valence-corrected chi connectivity index (χ3v) is 4.64. The lowest BCUT2D eigenvalue weighted by atomic mass is 10.0. The summed E-state index contributed by atoms with van der Waals surface area (Å²) < 4.78 is 81.7. The van der Waals surface area contributed by atoms with Crippen molar-refractivity contribution in [2.45, 2.75) is 44.8 Å². The van der Waals surface area contributed by atoms with Crippen LogP contribution >= 0.6 is 0 Å². The molecule has 0 aliphatic carbocycles. The number of benzene rings is 2. The van der Waals surface area contributed by atoms with Crippen LogP contribution in [0, 0.1) is 6.92 Å². The molecule has 0 bridgehead atoms. The Labute approximate surface area is 202 Å². The number of nitrogens with one attached hydrogen (secondary N) is 2. The number of nitrogens with zero attached hydrogens (tertiary/aromatic N) is 1. The number of alkyl halides is 6. The van der Waals surface area contributed by atoms with Gasteiger partial charge in [-0.05, 0) is 61.4 Å². The molecule has 0 spiro atoms. The second-order valence-corrected chi connectivity index (χ2v) is 8.42. The first-order valence-corrected chi connectivity index (χ1v) is 10.3. The Morgan fingerprint density at radius 3 is 2.08 bits per heavy atom. The van der Waals surface area contributed by atoms with Gasteiger partial charge in [-0.15, -0.1) is 0 Å². The standard InChI is InChI=1S/C23H23F6N3O4/c1-13-11-14(36-23(28,29)20(24)22(25,26)27)9-10-17(13)30-18(33)15-7-5-6-8-16(15)19(34)31-21(2,3)12-32(4)35/h5-12,20H,1-4H3,(H2-,30,31,33,34,35)/p+1. The van der Waals surface area contributed by atoms with Crippen LogP contribution in [0.2, 0.25) is 0 Å². The minimum Gasteiger partial charge on any atom is -0.430 e. The highest BCUT2D eigenvalue weighted by Gasteiger charge is 2.59. The number of hydroxylamine groups is 1. The highest BCUT2D eigenvalue weighted by molar-refractivity contribution is 6.12. The van der Waals surface area contributed by atoms with E-state index in [0.29, 0.717) is 0 Å². The van der Waals surface area contributed by atoms with Crippen molar-refractivity contribution < 1.29 is 50.6 Å². The molecule has 1 unspecified atom stereocenters. The van der Waals surface area contributed by atoms with Gasteiger partial charge in [-0.2, -0.15) is 22.0 Å². The minimum absolute atomic E-state index is 0.00421. The monoisotopic (exact) mass is 520 g/mol. The Balaban J connectivity index is 2.23. The van der Waals surface area contributed by atoms with Crippen LogP contribution in [0.1, 0.15) is 40.1 Å². The van der Waals surface area contributed by atoms with Gasteiger partial charge in [-0.3, -0.25) is 14.8 Å². The van der Waals surface area contributed by atoms with Gasteiger partial charge in [0.05, 0.1) is 11.1 Å². The second-order valence-electron chi connectivity index (χ2n) is 8.42. The summed E-state index contributed by atoms with van der Waals surface area (Å²) in [7, 11) is 1.35. The van der Waals surface area contributed by atoms with E-state index in [2.05, 4.69) is 15.4 Å². The number of carbonyl (C=O) groups is 2. The number of anilines is 1. The molecule has 3 N–H and O–H groups in total. The number of hydrogen-bond acceptors (Lipinski definition) is 4. The Kier molecular flexibility index (Phi) is 8.27. The maximum Gasteiger partial charge on any atom is 0.439 e. The van der Waals surface area contributed by atoms with E-state index in [1.54, 1.807) is 13.8 Å². The number of rotatable bonds is 8. The normalized spacial score (nSPS) is 13.7. The number of carbonyl (C=O) groups excluding carboxylic acids is 2. The molecule has 0 radical (unpaired) electrons. The molecule has 0 heterocycles. The molecule has 0 saturated carbocycles. The van der Waals surface area contributed by atoms with E-state index >= 15 is 0 Å². The molecule has 36 heavy (non-hydrogen) atoms. The van der Waals surface area contributed by atoms with Gasteiger partial charge in [-0.25, -0.2) is 4.39 Å². The van der Waals surface area contributed by atoms with E-state index in [1.807, 2.05) is 0 Å². The zero-order chi connectivity index (χ0) is 27.5. The number of amides is 2. The SMILES string of the molecule is Cc1cc(OC(F)(F)C(F)C(F)(F)F)ccc1NC(=O)c1ccccc1C(=O)NC(C)(C)C=[N+](C)O. The average molecular weight is 520 g/mol. The molecule has 13 heteroatoms. The zero-order valence-electron chi connectivity index (χ0n) is 19.6. The fourth-order valence-corrected chi connectivity index (χ4v) is 3.17. The first-order chi connectivity index (χ1) is 16.4. The molecular formula is C23H24F6N3O4+. The molecule has 2 amide bonds. The van der Waals surface area contributed by atoms with E-state index in [0.717, 1.165) is 22.9 Å². The topological polar surface area (TPSA) is 90.7 Å². The van der Waals surface area contributed by atoms with Crippen LogP contribution in [0.15, 0.2) is 42.5 Å². The van der Waals surface area contributed by atoms with Gasteiger partial charge in [0.1, 0.15) is 11.3 Å². The number of halogens is 6. The summed E-state index contributed by atoms with van der Waals surface area (Å²) in [5, 5.41) is 14.5. The average Bonchev–Trinajstić information content (AvgIpc) is 2.72. The molecule has 196 valence electrons. The fraction of sp³-hybridized carbons (Fsp3) is 0.348. The van der Waals surface area contributed by atoms with Crippen molar-refractivity contribution in [3.63, 3.8) is 0 Å².